The van der Waals surface area contributed by atoms with E-state index in [1.54, 1.807) is 56.3 Å². The van der Waals surface area contributed by atoms with E-state index in [0.717, 1.165) is 22.6 Å². The van der Waals surface area contributed by atoms with Gasteiger partial charge in [-0.3, -0.25) is 19.2 Å². The Labute approximate surface area is 269 Å². The largest absolute Gasteiger partial charge is 0.507 e. The van der Waals surface area contributed by atoms with E-state index in [4.69, 9.17) is 4.74 Å². The Morgan fingerprint density at radius 2 is 1.62 bits per heavy atom. The van der Waals surface area contributed by atoms with Crippen molar-refractivity contribution in [1.82, 2.24) is 0 Å². The van der Waals surface area contributed by atoms with Crippen molar-refractivity contribution in [2.75, 3.05) is 16.4 Å². The van der Waals surface area contributed by atoms with Gasteiger partial charge in [0.15, 0.2) is 11.5 Å². The van der Waals surface area contributed by atoms with E-state index in [0.29, 0.717) is 11.3 Å². The lowest BCUT2D eigenvalue weighted by Gasteiger charge is -2.49. The van der Waals surface area contributed by atoms with Gasteiger partial charge >= 0.3 is 5.97 Å². The topological polar surface area (TPSA) is 162 Å². The molecule has 2 saturated heterocycles. The number of aromatic carboxylic acids is 1. The molecule has 3 aromatic carbocycles. The van der Waals surface area contributed by atoms with Crippen LogP contribution in [0.2, 0.25) is 0 Å². The number of hydrogen-bond donors (Lipinski definition) is 3. The minimum absolute atomic E-state index is 0.0536. The molecule has 3 fully saturated rings. The Kier molecular flexibility index (Phi) is 6.96. The Morgan fingerprint density at radius 1 is 0.872 bits per heavy atom. The molecule has 11 heteroatoms. The Hall–Kier alpha value is -5.45. The van der Waals surface area contributed by atoms with Crippen molar-refractivity contribution in [2.45, 2.75) is 32.6 Å². The van der Waals surface area contributed by atoms with Gasteiger partial charge in [0.25, 0.3) is 0 Å². The lowest BCUT2D eigenvalue weighted by Crippen LogP contribution is -2.48. The summed E-state index contributed by atoms with van der Waals surface area (Å²) >= 11 is 0. The van der Waals surface area contributed by atoms with Crippen molar-refractivity contribution in [2.24, 2.45) is 29.1 Å². The molecule has 2 aliphatic heterocycles. The molecular formula is C36H32N2O9. The molecule has 4 amide bonds. The van der Waals surface area contributed by atoms with Gasteiger partial charge in [-0.15, -0.1) is 0 Å². The summed E-state index contributed by atoms with van der Waals surface area (Å²) in [6.07, 6.45) is 2.27. The fourth-order valence-electron chi connectivity index (χ4n) is 8.29. The number of phenols is 2. The minimum Gasteiger partial charge on any atom is -0.507 e. The van der Waals surface area contributed by atoms with Crippen LogP contribution in [0.5, 0.6) is 17.2 Å². The number of carboxylic acid groups (broad SMARTS) is 1. The zero-order chi connectivity index (χ0) is 33.4. The molecular weight excluding hydrogens is 604 g/mol. The number of anilines is 2. The van der Waals surface area contributed by atoms with Crippen LogP contribution in [-0.2, 0) is 19.2 Å². The van der Waals surface area contributed by atoms with Crippen LogP contribution in [0.3, 0.4) is 0 Å². The van der Waals surface area contributed by atoms with Crippen LogP contribution in [0.4, 0.5) is 11.4 Å². The molecule has 0 bridgehead atoms. The average Bonchev–Trinajstić information content (AvgIpc) is 3.42. The molecule has 11 nitrogen and oxygen atoms in total. The van der Waals surface area contributed by atoms with E-state index in [1.807, 2.05) is 6.08 Å². The van der Waals surface area contributed by atoms with E-state index in [2.05, 4.69) is 0 Å². The lowest BCUT2D eigenvalue weighted by molar-refractivity contribution is -0.131. The van der Waals surface area contributed by atoms with Crippen LogP contribution in [0.25, 0.3) is 0 Å². The first kappa shape index (κ1) is 30.2. The molecule has 0 spiro atoms. The molecule has 4 aliphatic rings. The monoisotopic (exact) mass is 636 g/mol. The second-order valence-corrected chi connectivity index (χ2v) is 12.7. The highest BCUT2D eigenvalue weighted by atomic mass is 16.5. The number of allylic oxidation sites excluding steroid dienone is 2. The van der Waals surface area contributed by atoms with Crippen molar-refractivity contribution in [3.63, 3.8) is 0 Å². The highest BCUT2D eigenvalue weighted by Crippen LogP contribution is 2.64. The number of aromatic hydroxyl groups is 2. The Morgan fingerprint density at radius 3 is 2.30 bits per heavy atom. The van der Waals surface area contributed by atoms with Crippen LogP contribution in [0.1, 0.15) is 48.5 Å². The lowest BCUT2D eigenvalue weighted by atomic mass is 9.51. The smallest absolute Gasteiger partial charge is 0.339 e. The van der Waals surface area contributed by atoms with Gasteiger partial charge in [-0.05, 0) is 74.6 Å². The Bertz CT molecular complexity index is 1900. The molecule has 47 heavy (non-hydrogen) atoms. The number of nitrogens with zero attached hydrogens (tertiary/aromatic N) is 2. The SMILES string of the molecule is CCOc1cc([C@H]2C3=CC[C@@H]4C(=O)N(c5ccc(C(=O)O)c(O)c5)C(=O)[C@@H]4[C@@H]3C[C@H]3C(=O)N(c4ccccc4)C(=O)[C@@]23C)ccc1O. The van der Waals surface area contributed by atoms with Crippen LogP contribution in [0, 0.1) is 29.1 Å². The fraction of sp³-hybridized carbons (Fsp3) is 0.306. The normalized spacial score (nSPS) is 28.1. The van der Waals surface area contributed by atoms with E-state index in [-0.39, 0.29) is 54.0 Å². The molecule has 3 N–H and O–H groups in total. The molecule has 6 atom stereocenters. The van der Waals surface area contributed by atoms with Gasteiger partial charge in [0.05, 0.1) is 41.2 Å². The number of hydrogen-bond acceptors (Lipinski definition) is 8. The third-order valence-electron chi connectivity index (χ3n) is 10.4. The van der Waals surface area contributed by atoms with E-state index < -0.39 is 58.5 Å². The first-order chi connectivity index (χ1) is 22.5. The van der Waals surface area contributed by atoms with Crippen molar-refractivity contribution >= 4 is 41.0 Å². The maximum absolute atomic E-state index is 14.5. The van der Waals surface area contributed by atoms with Gasteiger partial charge in [0.1, 0.15) is 11.3 Å². The van der Waals surface area contributed by atoms with E-state index in [1.165, 1.54) is 17.0 Å². The Balaban J connectivity index is 1.35. The van der Waals surface area contributed by atoms with Crippen LogP contribution >= 0.6 is 0 Å². The number of carbonyl (C=O) groups excluding carboxylic acids is 4. The van der Waals surface area contributed by atoms with Crippen LogP contribution in [-0.4, -0.2) is 51.5 Å². The number of rotatable bonds is 6. The van der Waals surface area contributed by atoms with Crippen molar-refractivity contribution in [1.29, 1.82) is 0 Å². The number of ether oxygens (including phenoxy) is 1. The number of para-hydroxylation sites is 1. The zero-order valence-corrected chi connectivity index (χ0v) is 25.6. The van der Waals surface area contributed by atoms with Crippen LogP contribution in [0.15, 0.2) is 78.4 Å². The van der Waals surface area contributed by atoms with Gasteiger partial charge in [0.2, 0.25) is 23.6 Å². The summed E-state index contributed by atoms with van der Waals surface area (Å²) in [4.78, 5) is 70.5. The molecule has 1 saturated carbocycles. The highest BCUT2D eigenvalue weighted by Gasteiger charge is 2.67. The van der Waals surface area contributed by atoms with Crippen molar-refractivity contribution in [3.05, 3.63) is 89.5 Å². The predicted octanol–water partition coefficient (Wildman–Crippen LogP) is 4.63. The molecule has 0 radical (unpaired) electrons. The summed E-state index contributed by atoms with van der Waals surface area (Å²) in [5.74, 6) is -7.25. The molecule has 3 aromatic rings. The third-order valence-corrected chi connectivity index (χ3v) is 10.4. The molecule has 2 heterocycles. The summed E-state index contributed by atoms with van der Waals surface area (Å²) in [5.41, 5.74) is 0.268. The molecule has 240 valence electrons. The van der Waals surface area contributed by atoms with Crippen molar-refractivity contribution < 1.29 is 44.0 Å². The quantitative estimate of drug-likeness (QED) is 0.259. The molecule has 0 unspecified atom stereocenters. The second-order valence-electron chi connectivity index (χ2n) is 12.7. The number of carboxylic acids is 1. The van der Waals surface area contributed by atoms with Gasteiger partial charge in [-0.25, -0.2) is 14.6 Å². The summed E-state index contributed by atoms with van der Waals surface area (Å²) in [6.45, 7) is 3.85. The number of carbonyl (C=O) groups is 5. The van der Waals surface area contributed by atoms with Crippen LogP contribution < -0.4 is 14.5 Å². The number of amides is 4. The first-order valence-electron chi connectivity index (χ1n) is 15.5. The number of benzene rings is 3. The average molecular weight is 637 g/mol. The first-order valence-corrected chi connectivity index (χ1v) is 15.5. The summed E-state index contributed by atoms with van der Waals surface area (Å²) in [7, 11) is 0. The maximum Gasteiger partial charge on any atom is 0.339 e. The second kappa shape index (κ2) is 10.8. The number of phenolic OH excluding ortho intramolecular Hbond substituents is 1. The van der Waals surface area contributed by atoms with Gasteiger partial charge < -0.3 is 20.1 Å². The summed E-state index contributed by atoms with van der Waals surface area (Å²) < 4.78 is 5.69. The minimum atomic E-state index is -1.35. The van der Waals surface area contributed by atoms with Gasteiger partial charge in [0, 0.05) is 12.0 Å². The maximum atomic E-state index is 14.5. The number of fused-ring (bicyclic) bond motifs is 4. The zero-order valence-electron chi connectivity index (χ0n) is 25.6. The standard InChI is InChI=1S/C36H32N2O9/c1-3-47-28-15-18(9-14-26(28)39)30-21-12-13-23-29(33(43)37(31(23)41)20-10-11-22(34(44)45)27(40)16-20)24(21)17-25-32(42)38(35(46)36(25,30)2)19-7-5-4-6-8-19/h4-12,14-16,23-25,29-30,39-40H,3,13,17H2,1-2H3,(H,44,45)/t23-,24+,25-,29-,30-,36+/m0/s1. The van der Waals surface area contributed by atoms with E-state index >= 15 is 0 Å². The summed E-state index contributed by atoms with van der Waals surface area (Å²) in [6, 6.07) is 17.1. The summed E-state index contributed by atoms with van der Waals surface area (Å²) in [5, 5.41) is 30.2. The molecule has 0 aromatic heterocycles. The van der Waals surface area contributed by atoms with Gasteiger partial charge in [-0.2, -0.15) is 0 Å². The fourth-order valence-corrected chi connectivity index (χ4v) is 8.29. The van der Waals surface area contributed by atoms with E-state index in [9.17, 15) is 39.3 Å². The molecule has 2 aliphatic carbocycles. The number of imide groups is 2. The highest BCUT2D eigenvalue weighted by molar-refractivity contribution is 6.25. The van der Waals surface area contributed by atoms with Gasteiger partial charge in [-0.1, -0.05) is 35.9 Å². The molecule has 7 rings (SSSR count). The predicted molar refractivity (Wildman–Crippen MR) is 168 cm³/mol. The van der Waals surface area contributed by atoms with Crippen molar-refractivity contribution in [3.8, 4) is 17.2 Å². The third kappa shape index (κ3) is 4.29.